The number of sulfonamides is 1. The highest BCUT2D eigenvalue weighted by atomic mass is 32.2. The number of ether oxygens (including phenoxy) is 2. The van der Waals surface area contributed by atoms with Gasteiger partial charge in [-0.1, -0.05) is 60.2 Å². The maximum Gasteiger partial charge on any atom is 0.414 e. The molecule has 1 aromatic heterocycles. The van der Waals surface area contributed by atoms with Crippen molar-refractivity contribution >= 4 is 22.1 Å². The summed E-state index contributed by atoms with van der Waals surface area (Å²) >= 11 is 0. The van der Waals surface area contributed by atoms with E-state index >= 15 is 0 Å². The molecule has 1 heterocycles. The first kappa shape index (κ1) is 30.3. The average Bonchev–Trinajstić information content (AvgIpc) is 2.95. The molecule has 0 aliphatic heterocycles. The Labute approximate surface area is 246 Å². The quantitative estimate of drug-likeness (QED) is 0.199. The molecule has 0 unspecified atom stereocenters. The summed E-state index contributed by atoms with van der Waals surface area (Å²) in [7, 11) is -2.52. The van der Waals surface area contributed by atoms with Gasteiger partial charge in [0.15, 0.2) is 0 Å². The van der Waals surface area contributed by atoms with Crippen molar-refractivity contribution in [2.75, 3.05) is 7.11 Å². The molecule has 218 valence electrons. The molecule has 0 atom stereocenters. The molecule has 10 heteroatoms. The number of guanidine groups is 1. The van der Waals surface area contributed by atoms with E-state index in [0.29, 0.717) is 0 Å². The summed E-state index contributed by atoms with van der Waals surface area (Å²) in [6, 6.07) is 25.5. The molecular formula is C32H34N4O5S. The molecule has 0 saturated carbocycles. The van der Waals surface area contributed by atoms with Crippen LogP contribution in [0.2, 0.25) is 0 Å². The van der Waals surface area contributed by atoms with Crippen LogP contribution in [0, 0.1) is 6.92 Å². The second-order valence-electron chi connectivity index (χ2n) is 10.5. The number of methoxy groups -OCH3 is 1. The molecule has 9 nitrogen and oxygen atoms in total. The minimum absolute atomic E-state index is 0.0128. The van der Waals surface area contributed by atoms with E-state index in [-0.39, 0.29) is 17.4 Å². The molecular weight excluding hydrogens is 552 g/mol. The second-order valence-corrected chi connectivity index (χ2v) is 12.1. The summed E-state index contributed by atoms with van der Waals surface area (Å²) in [6.45, 7) is 7.26. The van der Waals surface area contributed by atoms with Gasteiger partial charge in [-0.3, -0.25) is 10.3 Å². The van der Waals surface area contributed by atoms with E-state index in [0.717, 1.165) is 39.3 Å². The van der Waals surface area contributed by atoms with Crippen molar-refractivity contribution in [2.45, 2.75) is 44.7 Å². The summed E-state index contributed by atoms with van der Waals surface area (Å²) in [6.07, 6.45) is 0.857. The SMILES string of the molecule is COc1ccc(-c2cc(CNC(=NS(=O)(=O)c3ccccc3)NC(=O)OC(C)(C)C)cnc2-c2ccc(C)cc2)cc1. The third-order valence-electron chi connectivity index (χ3n) is 6.00. The van der Waals surface area contributed by atoms with Crippen LogP contribution in [0.1, 0.15) is 31.9 Å². The van der Waals surface area contributed by atoms with Crippen LogP contribution in [0.4, 0.5) is 4.79 Å². The number of carbonyl (C=O) groups excluding carboxylic acids is 1. The van der Waals surface area contributed by atoms with Crippen LogP contribution in [0.3, 0.4) is 0 Å². The Morgan fingerprint density at radius 2 is 1.57 bits per heavy atom. The number of benzene rings is 3. The summed E-state index contributed by atoms with van der Waals surface area (Å²) < 4.78 is 40.5. The first-order chi connectivity index (χ1) is 19.9. The van der Waals surface area contributed by atoms with E-state index in [1.54, 1.807) is 52.3 Å². The molecule has 3 aromatic carbocycles. The molecule has 0 bridgehead atoms. The number of alkyl carbamates (subject to hydrolysis) is 1. The van der Waals surface area contributed by atoms with Crippen LogP contribution in [0.15, 0.2) is 100 Å². The second kappa shape index (κ2) is 12.9. The van der Waals surface area contributed by atoms with Gasteiger partial charge in [0.2, 0.25) is 5.96 Å². The Morgan fingerprint density at radius 3 is 2.19 bits per heavy atom. The Balaban J connectivity index is 1.68. The molecule has 0 fully saturated rings. The number of aromatic nitrogens is 1. The first-order valence-electron chi connectivity index (χ1n) is 13.3. The Hall–Kier alpha value is -4.70. The van der Waals surface area contributed by atoms with Crippen molar-refractivity contribution in [1.29, 1.82) is 0 Å². The number of nitrogens with one attached hydrogen (secondary N) is 2. The normalized spacial score (nSPS) is 12.0. The predicted molar refractivity (Wildman–Crippen MR) is 164 cm³/mol. The third-order valence-corrected chi connectivity index (χ3v) is 7.29. The monoisotopic (exact) mass is 586 g/mol. The molecule has 0 saturated heterocycles. The molecule has 42 heavy (non-hydrogen) atoms. The number of hydrogen-bond acceptors (Lipinski definition) is 6. The number of aryl methyl sites for hydroxylation is 1. The topological polar surface area (TPSA) is 119 Å². The molecule has 0 aliphatic rings. The standard InChI is InChI=1S/C32H34N4O5S/c1-22-11-13-25(14-12-22)29-28(24-15-17-26(40-5)18-16-24)19-23(20-33-29)21-34-30(35-31(37)41-32(2,3)4)36-42(38,39)27-9-7-6-8-10-27/h6-20H,21H2,1-5H3,(H2,34,35,36,37). The lowest BCUT2D eigenvalue weighted by molar-refractivity contribution is 0.0561. The summed E-state index contributed by atoms with van der Waals surface area (Å²) in [5, 5.41) is 5.38. The van der Waals surface area contributed by atoms with Gasteiger partial charge >= 0.3 is 6.09 Å². The summed E-state index contributed by atoms with van der Waals surface area (Å²) in [4.78, 5) is 17.3. The van der Waals surface area contributed by atoms with Gasteiger partial charge in [-0.05, 0) is 69.2 Å². The van der Waals surface area contributed by atoms with Gasteiger partial charge in [0.25, 0.3) is 10.0 Å². The number of amides is 1. The highest BCUT2D eigenvalue weighted by molar-refractivity contribution is 7.90. The Bertz CT molecular complexity index is 1660. The Morgan fingerprint density at radius 1 is 0.929 bits per heavy atom. The lowest BCUT2D eigenvalue weighted by Gasteiger charge is -2.20. The average molecular weight is 587 g/mol. The lowest BCUT2D eigenvalue weighted by Crippen LogP contribution is -2.43. The first-order valence-corrected chi connectivity index (χ1v) is 14.7. The largest absolute Gasteiger partial charge is 0.497 e. The van der Waals surface area contributed by atoms with E-state index in [2.05, 4.69) is 15.0 Å². The molecule has 0 spiro atoms. The maximum absolute atomic E-state index is 13.0. The van der Waals surface area contributed by atoms with Crippen molar-refractivity contribution in [3.05, 3.63) is 102 Å². The smallest absolute Gasteiger partial charge is 0.414 e. The van der Waals surface area contributed by atoms with E-state index in [4.69, 9.17) is 14.5 Å². The van der Waals surface area contributed by atoms with Gasteiger partial charge < -0.3 is 14.8 Å². The molecule has 1 amide bonds. The van der Waals surface area contributed by atoms with E-state index in [9.17, 15) is 13.2 Å². The van der Waals surface area contributed by atoms with Crippen LogP contribution >= 0.6 is 0 Å². The zero-order valence-electron chi connectivity index (χ0n) is 24.2. The molecule has 4 aromatic rings. The highest BCUT2D eigenvalue weighted by Crippen LogP contribution is 2.32. The predicted octanol–water partition coefficient (Wildman–Crippen LogP) is 6.09. The van der Waals surface area contributed by atoms with Crippen molar-refractivity contribution < 1.29 is 22.7 Å². The maximum atomic E-state index is 13.0. The van der Waals surface area contributed by atoms with Crippen molar-refractivity contribution in [3.8, 4) is 28.1 Å². The zero-order valence-corrected chi connectivity index (χ0v) is 25.0. The number of pyridine rings is 1. The van der Waals surface area contributed by atoms with Crippen LogP contribution < -0.4 is 15.4 Å². The summed E-state index contributed by atoms with van der Waals surface area (Å²) in [5.41, 5.74) is 4.61. The van der Waals surface area contributed by atoms with Gasteiger partial charge in [-0.25, -0.2) is 4.79 Å². The number of hydrogen-bond donors (Lipinski definition) is 2. The van der Waals surface area contributed by atoms with Crippen molar-refractivity contribution in [2.24, 2.45) is 4.40 Å². The Kier molecular flexibility index (Phi) is 9.27. The number of nitrogens with zero attached hydrogens (tertiary/aromatic N) is 2. The molecule has 4 rings (SSSR count). The van der Waals surface area contributed by atoms with Crippen molar-refractivity contribution in [1.82, 2.24) is 15.6 Å². The fourth-order valence-corrected chi connectivity index (χ4v) is 4.94. The van der Waals surface area contributed by atoms with Crippen LogP contribution in [-0.2, 0) is 21.3 Å². The molecule has 2 N–H and O–H groups in total. The molecule has 0 aliphatic carbocycles. The minimum Gasteiger partial charge on any atom is -0.497 e. The fraction of sp³-hybridized carbons (Fsp3) is 0.219. The van der Waals surface area contributed by atoms with E-state index < -0.39 is 21.7 Å². The van der Waals surface area contributed by atoms with E-state index in [1.165, 1.54) is 12.1 Å². The third kappa shape index (κ3) is 8.17. The van der Waals surface area contributed by atoms with E-state index in [1.807, 2.05) is 61.5 Å². The lowest BCUT2D eigenvalue weighted by atomic mass is 9.97. The van der Waals surface area contributed by atoms with Gasteiger partial charge in [0.1, 0.15) is 11.4 Å². The molecule has 0 radical (unpaired) electrons. The van der Waals surface area contributed by atoms with Gasteiger partial charge in [-0.2, -0.15) is 8.42 Å². The van der Waals surface area contributed by atoms with Crippen LogP contribution in [0.5, 0.6) is 5.75 Å². The van der Waals surface area contributed by atoms with Crippen LogP contribution in [-0.4, -0.2) is 38.2 Å². The summed E-state index contributed by atoms with van der Waals surface area (Å²) in [5.74, 6) is 0.455. The number of carbonyl (C=O) groups is 1. The van der Waals surface area contributed by atoms with Crippen molar-refractivity contribution in [3.63, 3.8) is 0 Å². The van der Waals surface area contributed by atoms with Gasteiger partial charge in [0.05, 0.1) is 17.7 Å². The fourth-order valence-electron chi connectivity index (χ4n) is 3.99. The van der Waals surface area contributed by atoms with Gasteiger partial charge in [-0.15, -0.1) is 4.40 Å². The highest BCUT2D eigenvalue weighted by Gasteiger charge is 2.20. The number of rotatable bonds is 7. The van der Waals surface area contributed by atoms with Crippen LogP contribution in [0.25, 0.3) is 22.4 Å². The van der Waals surface area contributed by atoms with Gasteiger partial charge in [0, 0.05) is 23.9 Å². The zero-order chi connectivity index (χ0) is 30.3. The minimum atomic E-state index is -4.13.